The fraction of sp³-hybridized carbons (Fsp3) is 0.500. The number of amides is 1. The third-order valence-electron chi connectivity index (χ3n) is 2.48. The zero-order valence-electron chi connectivity index (χ0n) is 11.3. The van der Waals surface area contributed by atoms with Crippen LogP contribution in [0.1, 0.15) is 30.9 Å². The maximum atomic E-state index is 11.6. The zero-order chi connectivity index (χ0) is 14.1. The molecule has 0 fully saturated rings. The average molecular weight is 265 g/mol. The molecule has 0 aliphatic carbocycles. The van der Waals surface area contributed by atoms with E-state index in [-0.39, 0.29) is 12.6 Å². The second-order valence-corrected chi connectivity index (χ2v) is 3.90. The summed E-state index contributed by atoms with van der Waals surface area (Å²) in [5.41, 5.74) is 0. The molecular formula is C14H19NO4. The quantitative estimate of drug-likeness (QED) is 0.607. The van der Waals surface area contributed by atoms with Crippen LogP contribution in [-0.4, -0.2) is 26.4 Å². The third-order valence-corrected chi connectivity index (χ3v) is 2.48. The van der Waals surface area contributed by atoms with E-state index in [1.54, 1.807) is 7.11 Å². The number of alkyl carbamates (subject to hydrolysis) is 1. The maximum Gasteiger partial charge on any atom is 0.407 e. The smallest absolute Gasteiger partial charge is 0.407 e. The van der Waals surface area contributed by atoms with Gasteiger partial charge < -0.3 is 19.2 Å². The van der Waals surface area contributed by atoms with Gasteiger partial charge in [0.25, 0.3) is 0 Å². The van der Waals surface area contributed by atoms with Crippen LogP contribution in [0.4, 0.5) is 4.79 Å². The highest BCUT2D eigenvalue weighted by molar-refractivity contribution is 5.67. The number of rotatable bonds is 7. The van der Waals surface area contributed by atoms with Crippen molar-refractivity contribution in [1.82, 2.24) is 5.32 Å². The molecule has 1 N–H and O–H groups in total. The van der Waals surface area contributed by atoms with Gasteiger partial charge in [-0.05, 0) is 12.1 Å². The summed E-state index contributed by atoms with van der Waals surface area (Å²) in [7, 11) is 1.56. The van der Waals surface area contributed by atoms with E-state index in [4.69, 9.17) is 20.3 Å². The van der Waals surface area contributed by atoms with E-state index in [2.05, 4.69) is 11.2 Å². The molecular weight excluding hydrogens is 246 g/mol. The second-order valence-electron chi connectivity index (χ2n) is 3.90. The second kappa shape index (κ2) is 8.22. The number of carbonyl (C=O) groups is 1. The number of methoxy groups -OCH3 is 1. The largest absolute Gasteiger partial charge is 0.464 e. The molecule has 19 heavy (non-hydrogen) atoms. The zero-order valence-corrected chi connectivity index (χ0v) is 11.3. The third kappa shape index (κ3) is 5.06. The number of carbonyl (C=O) groups excluding carboxylic acids is 1. The van der Waals surface area contributed by atoms with Crippen LogP contribution in [0.15, 0.2) is 16.5 Å². The molecule has 1 rings (SSSR count). The molecule has 1 heterocycles. The average Bonchev–Trinajstić information content (AvgIpc) is 2.87. The number of hydrogen-bond donors (Lipinski definition) is 1. The highest BCUT2D eigenvalue weighted by Crippen LogP contribution is 2.17. The van der Waals surface area contributed by atoms with Gasteiger partial charge in [0.15, 0.2) is 0 Å². The highest BCUT2D eigenvalue weighted by atomic mass is 16.5. The molecule has 1 aromatic heterocycles. The van der Waals surface area contributed by atoms with E-state index in [1.165, 1.54) is 0 Å². The highest BCUT2D eigenvalue weighted by Gasteiger charge is 2.18. The van der Waals surface area contributed by atoms with E-state index in [1.807, 2.05) is 19.1 Å². The van der Waals surface area contributed by atoms with E-state index in [0.717, 1.165) is 12.2 Å². The summed E-state index contributed by atoms with van der Waals surface area (Å²) >= 11 is 0. The van der Waals surface area contributed by atoms with Gasteiger partial charge in [0.2, 0.25) is 0 Å². The van der Waals surface area contributed by atoms with Crippen LogP contribution >= 0.6 is 0 Å². The number of terminal acetylenes is 1. The van der Waals surface area contributed by atoms with Crippen LogP contribution in [0.3, 0.4) is 0 Å². The maximum absolute atomic E-state index is 11.6. The van der Waals surface area contributed by atoms with Crippen LogP contribution < -0.4 is 5.32 Å². The molecule has 0 bridgehead atoms. The first-order valence-electron chi connectivity index (χ1n) is 6.15. The summed E-state index contributed by atoms with van der Waals surface area (Å²) in [4.78, 5) is 11.6. The van der Waals surface area contributed by atoms with E-state index in [0.29, 0.717) is 18.8 Å². The molecule has 5 heteroatoms. The van der Waals surface area contributed by atoms with E-state index < -0.39 is 6.09 Å². The van der Waals surface area contributed by atoms with Crippen molar-refractivity contribution in [2.45, 2.75) is 25.8 Å². The predicted octanol–water partition coefficient (Wildman–Crippen LogP) is 2.28. The summed E-state index contributed by atoms with van der Waals surface area (Å²) in [6.45, 7) is 2.50. The molecule has 5 nitrogen and oxygen atoms in total. The molecule has 1 atom stereocenters. The van der Waals surface area contributed by atoms with Crippen LogP contribution in [0.25, 0.3) is 0 Å². The molecule has 0 aromatic carbocycles. The van der Waals surface area contributed by atoms with Gasteiger partial charge >= 0.3 is 6.09 Å². The molecule has 0 aliphatic rings. The van der Waals surface area contributed by atoms with Crippen molar-refractivity contribution in [3.8, 4) is 12.3 Å². The van der Waals surface area contributed by atoms with Crippen LogP contribution in [0.2, 0.25) is 0 Å². The van der Waals surface area contributed by atoms with Crippen LogP contribution in [-0.2, 0) is 15.9 Å². The van der Waals surface area contributed by atoms with Crippen molar-refractivity contribution >= 4 is 6.09 Å². The molecule has 104 valence electrons. The number of hydrogen-bond acceptors (Lipinski definition) is 4. The van der Waals surface area contributed by atoms with Crippen molar-refractivity contribution in [2.24, 2.45) is 0 Å². The molecule has 0 aliphatic heterocycles. The van der Waals surface area contributed by atoms with Crippen molar-refractivity contribution in [2.75, 3.05) is 20.3 Å². The summed E-state index contributed by atoms with van der Waals surface area (Å²) in [5, 5.41) is 2.68. The standard InChI is InChI=1S/C14H19NO4/c1-4-6-9-18-14(16)15-12(10-17-3)13-8-7-11(5-2)19-13/h1,7-8,12H,5-6,9-10H2,2-3H3,(H,15,16)/t12-/m0/s1. The minimum Gasteiger partial charge on any atom is -0.464 e. The molecule has 0 saturated carbocycles. The minimum absolute atomic E-state index is 0.195. The Morgan fingerprint density at radius 1 is 1.58 bits per heavy atom. The lowest BCUT2D eigenvalue weighted by Gasteiger charge is -2.15. The van der Waals surface area contributed by atoms with Crippen molar-refractivity contribution in [3.63, 3.8) is 0 Å². The van der Waals surface area contributed by atoms with Gasteiger partial charge in [0.05, 0.1) is 6.61 Å². The van der Waals surface area contributed by atoms with E-state index in [9.17, 15) is 4.79 Å². The molecule has 0 unspecified atom stereocenters. The van der Waals surface area contributed by atoms with Gasteiger partial charge in [0, 0.05) is 20.0 Å². The van der Waals surface area contributed by atoms with Gasteiger partial charge in [-0.3, -0.25) is 0 Å². The van der Waals surface area contributed by atoms with Gasteiger partial charge in [-0.1, -0.05) is 6.92 Å². The monoisotopic (exact) mass is 265 g/mol. The molecule has 1 aromatic rings. The first-order chi connectivity index (χ1) is 9.21. The SMILES string of the molecule is C#CCCOC(=O)N[C@@H](COC)c1ccc(CC)o1. The Morgan fingerprint density at radius 3 is 2.95 bits per heavy atom. The predicted molar refractivity (Wildman–Crippen MR) is 70.6 cm³/mol. The number of ether oxygens (including phenoxy) is 2. The Kier molecular flexibility index (Phi) is 6.55. The summed E-state index contributed by atoms with van der Waals surface area (Å²) in [6.07, 6.45) is 5.73. The lowest BCUT2D eigenvalue weighted by molar-refractivity contribution is 0.122. The van der Waals surface area contributed by atoms with Crippen molar-refractivity contribution in [3.05, 3.63) is 23.7 Å². The van der Waals surface area contributed by atoms with Gasteiger partial charge in [-0.15, -0.1) is 12.3 Å². The first kappa shape index (κ1) is 15.1. The van der Waals surface area contributed by atoms with Gasteiger partial charge in [-0.25, -0.2) is 4.79 Å². The topological polar surface area (TPSA) is 60.7 Å². The van der Waals surface area contributed by atoms with Crippen LogP contribution in [0.5, 0.6) is 0 Å². The lowest BCUT2D eigenvalue weighted by atomic mass is 10.2. The molecule has 0 saturated heterocycles. The van der Waals surface area contributed by atoms with Crippen LogP contribution in [0, 0.1) is 12.3 Å². The molecule has 0 spiro atoms. The molecule has 0 radical (unpaired) electrons. The normalized spacial score (nSPS) is 11.6. The van der Waals surface area contributed by atoms with Crippen molar-refractivity contribution in [1.29, 1.82) is 0 Å². The summed E-state index contributed by atoms with van der Waals surface area (Å²) < 4.78 is 15.6. The fourth-order valence-corrected chi connectivity index (χ4v) is 1.52. The number of nitrogens with one attached hydrogen (secondary N) is 1. The number of aryl methyl sites for hydroxylation is 1. The Labute approximate surface area is 113 Å². The van der Waals surface area contributed by atoms with Crippen molar-refractivity contribution < 1.29 is 18.7 Å². The Bertz CT molecular complexity index is 433. The molecule has 1 amide bonds. The minimum atomic E-state index is -0.535. The summed E-state index contributed by atoms with van der Waals surface area (Å²) in [6, 6.07) is 3.33. The number of furan rings is 1. The van der Waals surface area contributed by atoms with Gasteiger partial charge in [0.1, 0.15) is 24.2 Å². The first-order valence-corrected chi connectivity index (χ1v) is 6.15. The Hall–Kier alpha value is -1.93. The van der Waals surface area contributed by atoms with Gasteiger partial charge in [-0.2, -0.15) is 0 Å². The fourth-order valence-electron chi connectivity index (χ4n) is 1.52. The lowest BCUT2D eigenvalue weighted by Crippen LogP contribution is -2.31. The Morgan fingerprint density at radius 2 is 2.37 bits per heavy atom. The Balaban J connectivity index is 2.57. The van der Waals surface area contributed by atoms with E-state index >= 15 is 0 Å². The summed E-state index contributed by atoms with van der Waals surface area (Å²) in [5.74, 6) is 3.90.